The van der Waals surface area contributed by atoms with Gasteiger partial charge in [0.1, 0.15) is 17.4 Å². The van der Waals surface area contributed by atoms with Crippen LogP contribution in [0.15, 0.2) is 29.4 Å². The van der Waals surface area contributed by atoms with E-state index in [2.05, 4.69) is 29.4 Å². The van der Waals surface area contributed by atoms with Crippen LogP contribution in [0, 0.1) is 6.92 Å². The number of ether oxygens (including phenoxy) is 2. The van der Waals surface area contributed by atoms with Crippen molar-refractivity contribution in [1.29, 1.82) is 0 Å². The minimum Gasteiger partial charge on any atom is -0.486 e. The highest BCUT2D eigenvalue weighted by Gasteiger charge is 2.25. The molecule has 2 heterocycles. The third-order valence-electron chi connectivity index (χ3n) is 5.19. The summed E-state index contributed by atoms with van der Waals surface area (Å²) in [6.07, 6.45) is 0. The van der Waals surface area contributed by atoms with Crippen LogP contribution in [0.5, 0.6) is 5.75 Å². The maximum atomic E-state index is 12.6. The number of carbonyl (C=O) groups excluding carboxylic acids is 3. The van der Waals surface area contributed by atoms with Crippen LogP contribution >= 0.6 is 23.1 Å². The fourth-order valence-corrected chi connectivity index (χ4v) is 4.96. The molecule has 0 spiro atoms. The fourth-order valence-electron chi connectivity index (χ4n) is 3.17. The van der Waals surface area contributed by atoms with Crippen molar-refractivity contribution in [3.63, 3.8) is 0 Å². The van der Waals surface area contributed by atoms with E-state index in [1.807, 2.05) is 24.3 Å². The van der Waals surface area contributed by atoms with Crippen LogP contribution in [0.25, 0.3) is 0 Å². The van der Waals surface area contributed by atoms with Crippen LogP contribution < -0.4 is 15.8 Å². The first-order valence-electron chi connectivity index (χ1n) is 10.7. The third kappa shape index (κ3) is 6.20. The van der Waals surface area contributed by atoms with E-state index in [0.29, 0.717) is 22.5 Å². The van der Waals surface area contributed by atoms with Crippen LogP contribution in [0.2, 0.25) is 0 Å². The van der Waals surface area contributed by atoms with Gasteiger partial charge in [-0.25, -0.2) is 4.79 Å². The summed E-state index contributed by atoms with van der Waals surface area (Å²) in [6, 6.07) is 7.90. The lowest BCUT2D eigenvalue weighted by molar-refractivity contribution is -0.113. The van der Waals surface area contributed by atoms with E-state index in [9.17, 15) is 14.4 Å². The van der Waals surface area contributed by atoms with E-state index in [1.54, 1.807) is 18.5 Å². The average molecular weight is 518 g/mol. The number of hydrogen-bond acceptors (Lipinski definition) is 9. The van der Waals surface area contributed by atoms with Gasteiger partial charge in [0.05, 0.1) is 23.3 Å². The Labute approximate surface area is 211 Å². The van der Waals surface area contributed by atoms with Crippen molar-refractivity contribution in [2.75, 3.05) is 18.2 Å². The molecule has 0 saturated heterocycles. The van der Waals surface area contributed by atoms with Crippen molar-refractivity contribution in [3.05, 3.63) is 51.7 Å². The van der Waals surface area contributed by atoms with Gasteiger partial charge in [0.25, 0.3) is 5.91 Å². The number of esters is 1. The number of benzene rings is 1. The van der Waals surface area contributed by atoms with Gasteiger partial charge in [0, 0.05) is 7.05 Å². The van der Waals surface area contributed by atoms with Gasteiger partial charge in [-0.15, -0.1) is 21.5 Å². The highest BCUT2D eigenvalue weighted by atomic mass is 32.2. The number of hydrogen-bond donors (Lipinski definition) is 2. The first-order valence-corrected chi connectivity index (χ1v) is 12.5. The van der Waals surface area contributed by atoms with Gasteiger partial charge in [-0.2, -0.15) is 0 Å². The lowest BCUT2D eigenvalue weighted by Crippen LogP contribution is -2.16. The van der Waals surface area contributed by atoms with Crippen LogP contribution in [0.4, 0.5) is 5.00 Å². The third-order valence-corrected chi connectivity index (χ3v) is 7.43. The van der Waals surface area contributed by atoms with Crippen LogP contribution in [0.1, 0.15) is 56.7 Å². The Morgan fingerprint density at radius 2 is 1.89 bits per heavy atom. The number of amides is 2. The molecule has 0 radical (unpaired) electrons. The molecule has 186 valence electrons. The summed E-state index contributed by atoms with van der Waals surface area (Å²) in [5.41, 5.74) is 7.09. The standard InChI is InChI=1S/C23H27N5O5S2/c1-12(2)14-6-8-15(9-7-14)33-10-16-26-27-23(28(16)4)34-11-17(29)25-21-18(22(31)32-5)13(3)19(35-21)20(24)30/h6-9,12H,10-11H2,1-5H3,(H2,24,30)(H,25,29). The first-order chi connectivity index (χ1) is 16.6. The monoisotopic (exact) mass is 517 g/mol. The number of primary amides is 1. The number of nitrogens with zero attached hydrogens (tertiary/aromatic N) is 3. The van der Waals surface area contributed by atoms with E-state index in [4.69, 9.17) is 15.2 Å². The topological polar surface area (TPSA) is 138 Å². The van der Waals surface area contributed by atoms with Crippen molar-refractivity contribution in [3.8, 4) is 5.75 Å². The molecule has 0 bridgehead atoms. The molecular weight excluding hydrogens is 490 g/mol. The predicted molar refractivity (Wildman–Crippen MR) is 134 cm³/mol. The van der Waals surface area contributed by atoms with Crippen molar-refractivity contribution >= 4 is 45.9 Å². The second-order valence-corrected chi connectivity index (χ2v) is 9.89. The Morgan fingerprint density at radius 1 is 1.20 bits per heavy atom. The Bertz CT molecular complexity index is 1230. The molecule has 0 saturated carbocycles. The van der Waals surface area contributed by atoms with E-state index in [1.165, 1.54) is 24.4 Å². The molecule has 1 aromatic carbocycles. The second-order valence-electron chi connectivity index (χ2n) is 7.92. The Balaban J connectivity index is 1.61. The fraction of sp³-hybridized carbons (Fsp3) is 0.348. The summed E-state index contributed by atoms with van der Waals surface area (Å²) < 4.78 is 12.3. The summed E-state index contributed by atoms with van der Waals surface area (Å²) in [7, 11) is 3.01. The molecule has 10 nitrogen and oxygen atoms in total. The molecular formula is C23H27N5O5S2. The first kappa shape index (κ1) is 26.2. The number of rotatable bonds is 10. The number of nitrogens with two attached hydrogens (primary N) is 1. The summed E-state index contributed by atoms with van der Waals surface area (Å²) in [6.45, 7) is 6.07. The van der Waals surface area contributed by atoms with Crippen LogP contribution in [0.3, 0.4) is 0 Å². The van der Waals surface area contributed by atoms with E-state index >= 15 is 0 Å². The largest absolute Gasteiger partial charge is 0.486 e. The highest BCUT2D eigenvalue weighted by molar-refractivity contribution is 7.99. The van der Waals surface area contributed by atoms with Gasteiger partial charge in [0.15, 0.2) is 11.0 Å². The van der Waals surface area contributed by atoms with E-state index in [0.717, 1.165) is 17.1 Å². The van der Waals surface area contributed by atoms with Gasteiger partial charge < -0.3 is 25.1 Å². The Kier molecular flexibility index (Phi) is 8.52. The lowest BCUT2D eigenvalue weighted by atomic mass is 10.0. The van der Waals surface area contributed by atoms with E-state index in [-0.39, 0.29) is 33.7 Å². The molecule has 0 aliphatic rings. The maximum Gasteiger partial charge on any atom is 0.341 e. The average Bonchev–Trinajstić information content (AvgIpc) is 3.34. The number of nitrogens with one attached hydrogen (secondary N) is 1. The van der Waals surface area contributed by atoms with Crippen molar-refractivity contribution in [2.24, 2.45) is 12.8 Å². The normalized spacial score (nSPS) is 10.9. The zero-order valence-electron chi connectivity index (χ0n) is 20.1. The number of methoxy groups -OCH3 is 1. The molecule has 3 aromatic rings. The molecule has 12 heteroatoms. The Hall–Kier alpha value is -3.38. The molecule has 3 N–H and O–H groups in total. The van der Waals surface area contributed by atoms with Gasteiger partial charge in [-0.3, -0.25) is 9.59 Å². The summed E-state index contributed by atoms with van der Waals surface area (Å²) in [5, 5.41) is 11.7. The van der Waals surface area contributed by atoms with Crippen molar-refractivity contribution < 1.29 is 23.9 Å². The number of thiophene rings is 1. The highest BCUT2D eigenvalue weighted by Crippen LogP contribution is 2.33. The molecule has 2 amide bonds. The predicted octanol–water partition coefficient (Wildman–Crippen LogP) is 3.50. The van der Waals surface area contributed by atoms with Gasteiger partial charge in [0.2, 0.25) is 5.91 Å². The van der Waals surface area contributed by atoms with Crippen molar-refractivity contribution in [2.45, 2.75) is 38.5 Å². The summed E-state index contributed by atoms with van der Waals surface area (Å²) in [5.74, 6) is 0.0579. The Morgan fingerprint density at radius 3 is 2.49 bits per heavy atom. The molecule has 35 heavy (non-hydrogen) atoms. The maximum absolute atomic E-state index is 12.6. The summed E-state index contributed by atoms with van der Waals surface area (Å²) >= 11 is 2.11. The minimum absolute atomic E-state index is 0.00690. The summed E-state index contributed by atoms with van der Waals surface area (Å²) in [4.78, 5) is 36.6. The molecule has 0 fully saturated rings. The number of carbonyl (C=O) groups is 3. The molecule has 0 aliphatic carbocycles. The lowest BCUT2D eigenvalue weighted by Gasteiger charge is -2.09. The molecule has 3 rings (SSSR count). The SMILES string of the molecule is COC(=O)c1c(NC(=O)CSc2nnc(COc3ccc(C(C)C)cc3)n2C)sc(C(N)=O)c1C. The van der Waals surface area contributed by atoms with Crippen LogP contribution in [-0.4, -0.2) is 45.4 Å². The number of thioether (sulfide) groups is 1. The quantitative estimate of drug-likeness (QED) is 0.308. The molecule has 0 aliphatic heterocycles. The minimum atomic E-state index is -0.683. The van der Waals surface area contributed by atoms with Crippen molar-refractivity contribution in [1.82, 2.24) is 14.8 Å². The molecule has 0 atom stereocenters. The van der Waals surface area contributed by atoms with Gasteiger partial charge in [-0.1, -0.05) is 37.7 Å². The number of aromatic nitrogens is 3. The number of anilines is 1. The van der Waals surface area contributed by atoms with Gasteiger partial charge >= 0.3 is 5.97 Å². The van der Waals surface area contributed by atoms with E-state index < -0.39 is 11.9 Å². The smallest absolute Gasteiger partial charge is 0.341 e. The molecule has 0 unspecified atom stereocenters. The van der Waals surface area contributed by atoms with Crippen LogP contribution in [-0.2, 0) is 23.2 Å². The van der Waals surface area contributed by atoms with Gasteiger partial charge in [-0.05, 0) is 36.1 Å². The second kappa shape index (κ2) is 11.4. The zero-order chi connectivity index (χ0) is 25.7. The molecule has 2 aromatic heterocycles. The zero-order valence-corrected chi connectivity index (χ0v) is 21.7.